The predicted octanol–water partition coefficient (Wildman–Crippen LogP) is 5.44. The van der Waals surface area contributed by atoms with Gasteiger partial charge in [-0.3, -0.25) is 4.79 Å². The largest absolute Gasteiger partial charge is 0.491 e. The van der Waals surface area contributed by atoms with E-state index in [1.807, 2.05) is 42.5 Å². The first-order valence-electron chi connectivity index (χ1n) is 12.2. The van der Waals surface area contributed by atoms with Crippen molar-refractivity contribution in [3.05, 3.63) is 83.4 Å². The normalized spacial score (nSPS) is 12.8. The molecule has 0 spiro atoms. The van der Waals surface area contributed by atoms with E-state index in [1.54, 1.807) is 30.3 Å². The van der Waals surface area contributed by atoms with Crippen molar-refractivity contribution in [1.82, 2.24) is 5.32 Å². The molecule has 38 heavy (non-hydrogen) atoms. The van der Waals surface area contributed by atoms with E-state index < -0.39 is 18.0 Å². The van der Waals surface area contributed by atoms with Crippen molar-refractivity contribution in [2.24, 2.45) is 5.92 Å². The van der Waals surface area contributed by atoms with E-state index in [0.717, 1.165) is 22.2 Å². The average Bonchev–Trinajstić information content (AvgIpc) is 3.33. The van der Waals surface area contributed by atoms with Crippen molar-refractivity contribution in [1.29, 1.82) is 0 Å². The molecule has 0 aliphatic carbocycles. The number of aliphatic carboxylic acids is 1. The van der Waals surface area contributed by atoms with Crippen molar-refractivity contribution in [2.75, 3.05) is 18.5 Å². The number of hydrogen-bond acceptors (Lipinski definition) is 6. The van der Waals surface area contributed by atoms with Gasteiger partial charge in [-0.15, -0.1) is 0 Å². The van der Waals surface area contributed by atoms with Crippen LogP contribution in [0, 0.1) is 5.92 Å². The lowest BCUT2D eigenvalue weighted by Crippen LogP contribution is -2.36. The van der Waals surface area contributed by atoms with Crippen LogP contribution in [0.15, 0.2) is 77.2 Å². The van der Waals surface area contributed by atoms with Gasteiger partial charge in [0.15, 0.2) is 6.10 Å². The number of hydrogen-bond donors (Lipinski definition) is 4. The number of carboxylic acid groups (broad SMARTS) is 1. The minimum Gasteiger partial charge on any atom is -0.491 e. The van der Waals surface area contributed by atoms with Crippen LogP contribution in [-0.4, -0.2) is 47.4 Å². The molecule has 1 aromatic heterocycles. The van der Waals surface area contributed by atoms with E-state index in [4.69, 9.17) is 25.9 Å². The highest BCUT2D eigenvalue weighted by Crippen LogP contribution is 2.34. The Morgan fingerprint density at radius 2 is 1.76 bits per heavy atom. The molecule has 4 aromatic rings. The first-order chi connectivity index (χ1) is 18.2. The van der Waals surface area contributed by atoms with Gasteiger partial charge in [-0.25, -0.2) is 4.79 Å². The Kier molecular flexibility index (Phi) is 8.55. The minimum absolute atomic E-state index is 0.0331. The second-order valence-corrected chi connectivity index (χ2v) is 9.64. The average molecular weight is 537 g/mol. The summed E-state index contributed by atoms with van der Waals surface area (Å²) in [5.41, 5.74) is 2.74. The highest BCUT2D eigenvalue weighted by molar-refractivity contribution is 6.33. The number of carbonyl (C=O) groups is 2. The Morgan fingerprint density at radius 1 is 1.03 bits per heavy atom. The van der Waals surface area contributed by atoms with Crippen molar-refractivity contribution in [3.63, 3.8) is 0 Å². The number of aliphatic hydroxyl groups is 1. The Bertz CT molecular complexity index is 1380. The first-order valence-corrected chi connectivity index (χ1v) is 12.6. The summed E-state index contributed by atoms with van der Waals surface area (Å²) in [5, 5.41) is 25.4. The fraction of sp³-hybridized carbons (Fsp3) is 0.241. The van der Waals surface area contributed by atoms with Gasteiger partial charge in [-0.1, -0.05) is 43.6 Å². The monoisotopic (exact) mass is 536 g/mol. The first kappa shape index (κ1) is 27.0. The van der Waals surface area contributed by atoms with Crippen LogP contribution in [0.4, 0.5) is 5.69 Å². The number of ether oxygens (including phenoxy) is 1. The number of furan rings is 1. The predicted molar refractivity (Wildman–Crippen MR) is 147 cm³/mol. The van der Waals surface area contributed by atoms with Gasteiger partial charge in [0.2, 0.25) is 0 Å². The lowest BCUT2D eigenvalue weighted by atomic mass is 10.0. The van der Waals surface area contributed by atoms with Crippen molar-refractivity contribution >= 4 is 40.1 Å². The van der Waals surface area contributed by atoms with Gasteiger partial charge in [-0.05, 0) is 60.5 Å². The standard InChI is InChI=1S/C29H29ClN2O6/c1-17(2)24(32-20-9-7-18(8-10-20)28(34)31-15-25(33)29(35)36)16-37-21-11-12-22(23(30)14-21)27-13-19-5-3-4-6-26(19)38-27/h3-14,17,24-25,32-33H,15-16H2,1-2H3,(H,31,34)(H,35,36)/t24-,25-/m1/s1. The topological polar surface area (TPSA) is 121 Å². The third kappa shape index (κ3) is 6.65. The van der Waals surface area contributed by atoms with E-state index in [-0.39, 0.29) is 18.5 Å². The second-order valence-electron chi connectivity index (χ2n) is 9.24. The number of carboxylic acids is 1. The van der Waals surface area contributed by atoms with E-state index in [2.05, 4.69) is 24.5 Å². The van der Waals surface area contributed by atoms with Crippen molar-refractivity contribution in [2.45, 2.75) is 26.0 Å². The van der Waals surface area contributed by atoms with Gasteiger partial charge in [0, 0.05) is 22.2 Å². The summed E-state index contributed by atoms with van der Waals surface area (Å²) in [6, 6.07) is 22.0. The zero-order valence-electron chi connectivity index (χ0n) is 21.0. The number of para-hydroxylation sites is 1. The summed E-state index contributed by atoms with van der Waals surface area (Å²) < 4.78 is 12.0. The van der Waals surface area contributed by atoms with E-state index >= 15 is 0 Å². The fourth-order valence-electron chi connectivity index (χ4n) is 3.80. The molecule has 0 aliphatic heterocycles. The van der Waals surface area contributed by atoms with Crippen LogP contribution in [0.1, 0.15) is 24.2 Å². The highest BCUT2D eigenvalue weighted by Gasteiger charge is 2.17. The maximum Gasteiger partial charge on any atom is 0.334 e. The van der Waals surface area contributed by atoms with E-state index in [9.17, 15) is 14.7 Å². The highest BCUT2D eigenvalue weighted by atomic mass is 35.5. The third-order valence-electron chi connectivity index (χ3n) is 6.11. The molecule has 0 unspecified atom stereocenters. The maximum absolute atomic E-state index is 12.2. The Morgan fingerprint density at radius 3 is 2.42 bits per heavy atom. The molecule has 4 N–H and O–H groups in total. The molecule has 1 amide bonds. The number of anilines is 1. The summed E-state index contributed by atoms with van der Waals surface area (Å²) in [6.07, 6.45) is -1.65. The van der Waals surface area contributed by atoms with E-state index in [1.165, 1.54) is 0 Å². The third-order valence-corrected chi connectivity index (χ3v) is 6.42. The molecule has 8 nitrogen and oxygen atoms in total. The van der Waals surface area contributed by atoms with Gasteiger partial charge in [0.25, 0.3) is 5.91 Å². The zero-order valence-corrected chi connectivity index (χ0v) is 21.7. The van der Waals surface area contributed by atoms with Crippen molar-refractivity contribution in [3.8, 4) is 17.1 Å². The Labute approximate surface area is 225 Å². The molecule has 4 rings (SSSR count). The number of halogens is 1. The maximum atomic E-state index is 12.2. The molecule has 3 aromatic carbocycles. The Hall–Kier alpha value is -4.01. The molecular formula is C29H29ClN2O6. The summed E-state index contributed by atoms with van der Waals surface area (Å²) in [7, 11) is 0. The second kappa shape index (κ2) is 12.0. The van der Waals surface area contributed by atoms with E-state index in [0.29, 0.717) is 28.7 Å². The van der Waals surface area contributed by atoms with Crippen LogP contribution >= 0.6 is 11.6 Å². The summed E-state index contributed by atoms with van der Waals surface area (Å²) in [5.74, 6) is -0.293. The number of benzene rings is 3. The minimum atomic E-state index is -1.65. The number of carbonyl (C=O) groups excluding carboxylic acids is 1. The van der Waals surface area contributed by atoms with Crippen LogP contribution in [-0.2, 0) is 4.79 Å². The molecule has 0 fully saturated rings. The van der Waals surface area contributed by atoms with Crippen LogP contribution in [0.5, 0.6) is 5.75 Å². The molecular weight excluding hydrogens is 508 g/mol. The molecule has 0 radical (unpaired) electrons. The molecule has 198 valence electrons. The zero-order chi connectivity index (χ0) is 27.2. The van der Waals surface area contributed by atoms with Crippen LogP contribution in [0.2, 0.25) is 5.02 Å². The number of aliphatic hydroxyl groups excluding tert-OH is 1. The number of amides is 1. The van der Waals surface area contributed by atoms with Crippen LogP contribution < -0.4 is 15.4 Å². The lowest BCUT2D eigenvalue weighted by molar-refractivity contribution is -0.146. The molecule has 0 aliphatic rings. The summed E-state index contributed by atoms with van der Waals surface area (Å²) in [4.78, 5) is 22.9. The van der Waals surface area contributed by atoms with Gasteiger partial charge in [0.1, 0.15) is 23.7 Å². The summed E-state index contributed by atoms with van der Waals surface area (Å²) >= 11 is 6.56. The van der Waals surface area contributed by atoms with Crippen LogP contribution in [0.25, 0.3) is 22.3 Å². The molecule has 1 heterocycles. The molecule has 0 saturated heterocycles. The van der Waals surface area contributed by atoms with Gasteiger partial charge < -0.3 is 30.0 Å². The molecule has 0 saturated carbocycles. The number of rotatable bonds is 11. The van der Waals surface area contributed by atoms with Crippen LogP contribution in [0.3, 0.4) is 0 Å². The summed E-state index contributed by atoms with van der Waals surface area (Å²) in [6.45, 7) is 4.17. The number of fused-ring (bicyclic) bond motifs is 1. The number of nitrogens with one attached hydrogen (secondary N) is 2. The Balaban J connectivity index is 1.36. The smallest absolute Gasteiger partial charge is 0.334 e. The molecule has 0 bridgehead atoms. The SMILES string of the molecule is CC(C)[C@@H](COc1ccc(-c2cc3ccccc3o2)c(Cl)c1)Nc1ccc(C(=O)NC[C@@H](O)C(=O)O)cc1. The lowest BCUT2D eigenvalue weighted by Gasteiger charge is -2.24. The fourth-order valence-corrected chi connectivity index (χ4v) is 4.06. The quantitative estimate of drug-likeness (QED) is 0.201. The van der Waals surface area contributed by atoms with Gasteiger partial charge in [-0.2, -0.15) is 0 Å². The molecule has 2 atom stereocenters. The van der Waals surface area contributed by atoms with Gasteiger partial charge >= 0.3 is 5.97 Å². The molecule has 9 heteroatoms. The van der Waals surface area contributed by atoms with Crippen molar-refractivity contribution < 1.29 is 29.0 Å². The van der Waals surface area contributed by atoms with Gasteiger partial charge in [0.05, 0.1) is 17.6 Å².